The second-order valence-corrected chi connectivity index (χ2v) is 5.06. The van der Waals surface area contributed by atoms with Gasteiger partial charge in [-0.1, -0.05) is 25.5 Å². The maximum Gasteiger partial charge on any atom is 0.416 e. The molecule has 1 aromatic carbocycles. The Balaban J connectivity index is 2.34. The summed E-state index contributed by atoms with van der Waals surface area (Å²) in [7, 11) is 0. The van der Waals surface area contributed by atoms with E-state index >= 15 is 0 Å². The molecule has 0 aliphatic carbocycles. The number of hydrogen-bond acceptors (Lipinski definition) is 2. The molecule has 1 unspecified atom stereocenters. The standard InChI is InChI=1S/C15H21F3N2O/c1-3-4-11(2)20-14(21)10-19-9-12-5-7-13(8-6-12)15(16,17)18/h5-8,11,19H,3-4,9-10H2,1-2H3,(H,20,21). The number of amides is 1. The Kier molecular flexibility index (Phi) is 6.68. The number of nitrogens with one attached hydrogen (secondary N) is 2. The van der Waals surface area contributed by atoms with Crippen LogP contribution in [0.4, 0.5) is 13.2 Å². The van der Waals surface area contributed by atoms with Crippen LogP contribution in [-0.4, -0.2) is 18.5 Å². The van der Waals surface area contributed by atoms with Gasteiger partial charge in [-0.25, -0.2) is 0 Å². The Morgan fingerprint density at radius 3 is 2.38 bits per heavy atom. The molecule has 0 bridgehead atoms. The van der Waals surface area contributed by atoms with Crippen LogP contribution in [0.15, 0.2) is 24.3 Å². The van der Waals surface area contributed by atoms with Gasteiger partial charge in [0.15, 0.2) is 0 Å². The second kappa shape index (κ2) is 8.02. The Hall–Kier alpha value is -1.56. The molecule has 0 aliphatic heterocycles. The van der Waals surface area contributed by atoms with Crippen LogP contribution in [0.25, 0.3) is 0 Å². The van der Waals surface area contributed by atoms with Gasteiger partial charge in [-0.05, 0) is 31.0 Å². The molecule has 0 saturated carbocycles. The fourth-order valence-electron chi connectivity index (χ4n) is 1.96. The summed E-state index contributed by atoms with van der Waals surface area (Å²) in [6.45, 7) is 4.49. The highest BCUT2D eigenvalue weighted by Gasteiger charge is 2.29. The Bertz CT molecular complexity index is 443. The van der Waals surface area contributed by atoms with Gasteiger partial charge in [-0.15, -0.1) is 0 Å². The zero-order chi connectivity index (χ0) is 15.9. The first kappa shape index (κ1) is 17.5. The van der Waals surface area contributed by atoms with Crippen LogP contribution in [-0.2, 0) is 17.5 Å². The number of alkyl halides is 3. The van der Waals surface area contributed by atoms with Crippen molar-refractivity contribution >= 4 is 5.91 Å². The van der Waals surface area contributed by atoms with Crippen molar-refractivity contribution in [3.63, 3.8) is 0 Å². The molecule has 1 amide bonds. The fourth-order valence-corrected chi connectivity index (χ4v) is 1.96. The number of carbonyl (C=O) groups excluding carboxylic acids is 1. The van der Waals surface area contributed by atoms with E-state index in [2.05, 4.69) is 10.6 Å². The first-order valence-electron chi connectivity index (χ1n) is 6.99. The van der Waals surface area contributed by atoms with E-state index in [9.17, 15) is 18.0 Å². The minimum atomic E-state index is -4.32. The summed E-state index contributed by atoms with van der Waals surface area (Å²) >= 11 is 0. The highest BCUT2D eigenvalue weighted by Crippen LogP contribution is 2.28. The van der Waals surface area contributed by atoms with Gasteiger partial charge in [0, 0.05) is 12.6 Å². The van der Waals surface area contributed by atoms with E-state index in [1.165, 1.54) is 12.1 Å². The molecule has 118 valence electrons. The zero-order valence-electron chi connectivity index (χ0n) is 12.3. The van der Waals surface area contributed by atoms with E-state index < -0.39 is 11.7 Å². The monoisotopic (exact) mass is 302 g/mol. The molecule has 0 fully saturated rings. The predicted molar refractivity (Wildman–Crippen MR) is 75.7 cm³/mol. The lowest BCUT2D eigenvalue weighted by Crippen LogP contribution is -2.38. The molecule has 21 heavy (non-hydrogen) atoms. The average Bonchev–Trinajstić information content (AvgIpc) is 2.38. The lowest BCUT2D eigenvalue weighted by molar-refractivity contribution is -0.137. The highest BCUT2D eigenvalue weighted by atomic mass is 19.4. The van der Waals surface area contributed by atoms with Gasteiger partial charge in [-0.2, -0.15) is 13.2 Å². The van der Waals surface area contributed by atoms with Crippen LogP contribution < -0.4 is 10.6 Å². The van der Waals surface area contributed by atoms with Crippen molar-refractivity contribution in [3.8, 4) is 0 Å². The van der Waals surface area contributed by atoms with Crippen LogP contribution in [0.3, 0.4) is 0 Å². The van der Waals surface area contributed by atoms with Crippen molar-refractivity contribution in [2.75, 3.05) is 6.54 Å². The van der Waals surface area contributed by atoms with Crippen molar-refractivity contribution in [3.05, 3.63) is 35.4 Å². The summed E-state index contributed by atoms with van der Waals surface area (Å²) in [5, 5.41) is 5.76. The van der Waals surface area contributed by atoms with Gasteiger partial charge >= 0.3 is 6.18 Å². The van der Waals surface area contributed by atoms with E-state index in [1.807, 2.05) is 13.8 Å². The summed E-state index contributed by atoms with van der Waals surface area (Å²) in [5.74, 6) is -0.108. The summed E-state index contributed by atoms with van der Waals surface area (Å²) < 4.78 is 37.2. The predicted octanol–water partition coefficient (Wildman–Crippen LogP) is 3.10. The molecule has 1 rings (SSSR count). The van der Waals surface area contributed by atoms with Gasteiger partial charge in [0.1, 0.15) is 0 Å². The molecule has 0 radical (unpaired) electrons. The lowest BCUT2D eigenvalue weighted by atomic mass is 10.1. The minimum Gasteiger partial charge on any atom is -0.353 e. The Labute approximate surface area is 122 Å². The SMILES string of the molecule is CCCC(C)NC(=O)CNCc1ccc(C(F)(F)F)cc1. The van der Waals surface area contributed by atoms with Crippen molar-refractivity contribution in [1.82, 2.24) is 10.6 Å². The molecular formula is C15H21F3N2O. The van der Waals surface area contributed by atoms with E-state index in [-0.39, 0.29) is 18.5 Å². The summed E-state index contributed by atoms with van der Waals surface area (Å²) in [4.78, 5) is 11.6. The first-order chi connectivity index (χ1) is 9.82. The van der Waals surface area contributed by atoms with Crippen LogP contribution in [0, 0.1) is 0 Å². The number of hydrogen-bond donors (Lipinski definition) is 2. The lowest BCUT2D eigenvalue weighted by Gasteiger charge is -2.13. The topological polar surface area (TPSA) is 41.1 Å². The first-order valence-corrected chi connectivity index (χ1v) is 6.99. The molecule has 1 atom stereocenters. The zero-order valence-corrected chi connectivity index (χ0v) is 12.3. The Morgan fingerprint density at radius 1 is 1.24 bits per heavy atom. The number of halogens is 3. The number of rotatable bonds is 7. The van der Waals surface area contributed by atoms with Crippen molar-refractivity contribution in [2.24, 2.45) is 0 Å². The third-order valence-electron chi connectivity index (χ3n) is 3.03. The Morgan fingerprint density at radius 2 is 1.86 bits per heavy atom. The quantitative estimate of drug-likeness (QED) is 0.812. The normalized spacial score (nSPS) is 13.0. The van der Waals surface area contributed by atoms with Crippen LogP contribution in [0.1, 0.15) is 37.8 Å². The molecule has 1 aromatic rings. The van der Waals surface area contributed by atoms with E-state index in [0.29, 0.717) is 12.1 Å². The second-order valence-electron chi connectivity index (χ2n) is 5.06. The van der Waals surface area contributed by atoms with Gasteiger partial charge in [0.2, 0.25) is 5.91 Å². The molecule has 3 nitrogen and oxygen atoms in total. The molecule has 2 N–H and O–H groups in total. The third-order valence-corrected chi connectivity index (χ3v) is 3.03. The largest absolute Gasteiger partial charge is 0.416 e. The van der Waals surface area contributed by atoms with Crippen molar-refractivity contribution in [1.29, 1.82) is 0 Å². The van der Waals surface area contributed by atoms with Gasteiger partial charge in [0.25, 0.3) is 0 Å². The maximum atomic E-state index is 12.4. The van der Waals surface area contributed by atoms with E-state index in [4.69, 9.17) is 0 Å². The highest BCUT2D eigenvalue weighted by molar-refractivity contribution is 5.78. The van der Waals surface area contributed by atoms with Crippen molar-refractivity contribution < 1.29 is 18.0 Å². The van der Waals surface area contributed by atoms with E-state index in [0.717, 1.165) is 25.0 Å². The van der Waals surface area contributed by atoms with Crippen LogP contribution in [0.2, 0.25) is 0 Å². The van der Waals surface area contributed by atoms with Crippen LogP contribution in [0.5, 0.6) is 0 Å². The molecule has 0 spiro atoms. The molecule has 0 saturated heterocycles. The summed E-state index contributed by atoms with van der Waals surface area (Å²) in [5.41, 5.74) is 0.0368. The molecule has 6 heteroatoms. The van der Waals surface area contributed by atoms with Gasteiger partial charge in [0.05, 0.1) is 12.1 Å². The fraction of sp³-hybridized carbons (Fsp3) is 0.533. The van der Waals surface area contributed by atoms with Gasteiger partial charge < -0.3 is 10.6 Å². The minimum absolute atomic E-state index is 0.108. The molecule has 0 aliphatic rings. The van der Waals surface area contributed by atoms with Crippen LogP contribution >= 0.6 is 0 Å². The maximum absolute atomic E-state index is 12.4. The molecule has 0 heterocycles. The third kappa shape index (κ3) is 6.62. The summed E-state index contributed by atoms with van der Waals surface area (Å²) in [6, 6.07) is 5.04. The average molecular weight is 302 g/mol. The smallest absolute Gasteiger partial charge is 0.353 e. The molecule has 0 aromatic heterocycles. The van der Waals surface area contributed by atoms with Gasteiger partial charge in [-0.3, -0.25) is 4.79 Å². The van der Waals surface area contributed by atoms with Crippen molar-refractivity contribution in [2.45, 2.75) is 45.5 Å². The summed E-state index contributed by atoms with van der Waals surface area (Å²) in [6.07, 6.45) is -2.40. The number of benzene rings is 1. The molecular weight excluding hydrogens is 281 g/mol. The number of carbonyl (C=O) groups is 1. The van der Waals surface area contributed by atoms with E-state index in [1.54, 1.807) is 0 Å².